The Morgan fingerprint density at radius 3 is 2.68 bits per heavy atom. The summed E-state index contributed by atoms with van der Waals surface area (Å²) in [5, 5.41) is 11.4. The van der Waals surface area contributed by atoms with Crippen LogP contribution in [-0.2, 0) is 21.4 Å². The first-order valence-electron chi connectivity index (χ1n) is 6.89. The van der Waals surface area contributed by atoms with E-state index in [0.29, 0.717) is 13.1 Å². The number of nitrogens with zero attached hydrogens (tertiary/aromatic N) is 3. The molecule has 1 aromatic heterocycles. The number of anilines is 1. The van der Waals surface area contributed by atoms with Gasteiger partial charge in [-0.05, 0) is 12.8 Å². The van der Waals surface area contributed by atoms with Gasteiger partial charge < -0.3 is 10.4 Å². The molecule has 10 heteroatoms. The van der Waals surface area contributed by atoms with Gasteiger partial charge >= 0.3 is 5.97 Å². The van der Waals surface area contributed by atoms with E-state index in [0.717, 1.165) is 17.4 Å². The van der Waals surface area contributed by atoms with Crippen molar-refractivity contribution in [2.24, 2.45) is 0 Å². The largest absolute Gasteiger partial charge is 0.480 e. The number of sulfonamides is 1. The zero-order chi connectivity index (χ0) is 16.2. The third-order valence-electron chi connectivity index (χ3n) is 3.33. The van der Waals surface area contributed by atoms with Crippen molar-refractivity contribution in [2.75, 3.05) is 30.7 Å². The second-order valence-electron chi connectivity index (χ2n) is 4.95. The van der Waals surface area contributed by atoms with E-state index in [9.17, 15) is 18.0 Å². The number of carbonyl (C=O) groups is 1. The number of carboxylic acids is 1. The number of hydrogen-bond donors (Lipinski definition) is 2. The molecule has 1 aliphatic heterocycles. The minimum absolute atomic E-state index is 0.0398. The van der Waals surface area contributed by atoms with Gasteiger partial charge in [-0.3, -0.25) is 14.2 Å². The zero-order valence-corrected chi connectivity index (χ0v) is 12.8. The molecule has 1 fully saturated rings. The summed E-state index contributed by atoms with van der Waals surface area (Å²) in [6.07, 6.45) is 4.30. The number of rotatable bonds is 7. The summed E-state index contributed by atoms with van der Waals surface area (Å²) in [6, 6.07) is 0. The lowest BCUT2D eigenvalue weighted by molar-refractivity contribution is -0.137. The second-order valence-corrected chi connectivity index (χ2v) is 7.04. The molecule has 1 saturated heterocycles. The van der Waals surface area contributed by atoms with Gasteiger partial charge in [0.2, 0.25) is 10.0 Å². The zero-order valence-electron chi connectivity index (χ0n) is 11.9. The van der Waals surface area contributed by atoms with Crippen molar-refractivity contribution >= 4 is 21.8 Å². The maximum Gasteiger partial charge on any atom is 0.323 e. The second kappa shape index (κ2) is 6.88. The SMILES string of the molecule is O=C(O)Cn1ccnc(NCCS(=O)(=O)N2CCCC2)c1=O. The highest BCUT2D eigenvalue weighted by Crippen LogP contribution is 2.12. The molecule has 0 bridgehead atoms. The fourth-order valence-electron chi connectivity index (χ4n) is 2.23. The molecule has 2 N–H and O–H groups in total. The van der Waals surface area contributed by atoms with Crippen LogP contribution in [0.25, 0.3) is 0 Å². The van der Waals surface area contributed by atoms with E-state index in [1.807, 2.05) is 0 Å². The fraction of sp³-hybridized carbons (Fsp3) is 0.583. The van der Waals surface area contributed by atoms with Crippen LogP contribution in [0, 0.1) is 0 Å². The van der Waals surface area contributed by atoms with Crippen molar-refractivity contribution in [1.29, 1.82) is 0 Å². The summed E-state index contributed by atoms with van der Waals surface area (Å²) in [5.41, 5.74) is -0.594. The molecular weight excluding hydrogens is 312 g/mol. The van der Waals surface area contributed by atoms with Gasteiger partial charge in [-0.25, -0.2) is 17.7 Å². The molecule has 0 spiro atoms. The van der Waals surface area contributed by atoms with Crippen molar-refractivity contribution < 1.29 is 18.3 Å². The molecule has 2 rings (SSSR count). The van der Waals surface area contributed by atoms with Crippen LogP contribution in [-0.4, -0.2) is 58.7 Å². The molecule has 0 unspecified atom stereocenters. The smallest absolute Gasteiger partial charge is 0.323 e. The van der Waals surface area contributed by atoms with Crippen LogP contribution in [0.1, 0.15) is 12.8 Å². The van der Waals surface area contributed by atoms with Gasteiger partial charge in [0.25, 0.3) is 5.56 Å². The third-order valence-corrected chi connectivity index (χ3v) is 5.20. The number of hydrogen-bond acceptors (Lipinski definition) is 6. The average Bonchev–Trinajstić information content (AvgIpc) is 2.97. The van der Waals surface area contributed by atoms with E-state index in [4.69, 9.17) is 5.11 Å². The highest BCUT2D eigenvalue weighted by Gasteiger charge is 2.24. The van der Waals surface area contributed by atoms with Crippen LogP contribution in [0.4, 0.5) is 5.82 Å². The first-order chi connectivity index (χ1) is 10.4. The van der Waals surface area contributed by atoms with Crippen LogP contribution in [0.3, 0.4) is 0 Å². The Morgan fingerprint density at radius 1 is 1.36 bits per heavy atom. The normalized spacial score (nSPS) is 15.8. The highest BCUT2D eigenvalue weighted by molar-refractivity contribution is 7.89. The molecule has 0 aromatic carbocycles. The van der Waals surface area contributed by atoms with Gasteiger partial charge in [-0.15, -0.1) is 0 Å². The Labute approximate surface area is 127 Å². The molecule has 0 amide bonds. The van der Waals surface area contributed by atoms with Crippen molar-refractivity contribution in [3.63, 3.8) is 0 Å². The maximum atomic E-state index is 12.0. The summed E-state index contributed by atoms with van der Waals surface area (Å²) < 4.78 is 26.5. The topological polar surface area (TPSA) is 122 Å². The molecular formula is C12H18N4O5S. The van der Waals surface area contributed by atoms with Crippen LogP contribution >= 0.6 is 0 Å². The van der Waals surface area contributed by atoms with Crippen molar-refractivity contribution in [1.82, 2.24) is 13.9 Å². The first kappa shape index (κ1) is 16.4. The maximum absolute atomic E-state index is 12.0. The quantitative estimate of drug-likeness (QED) is 0.669. The Morgan fingerprint density at radius 2 is 2.05 bits per heavy atom. The Kier molecular flexibility index (Phi) is 5.14. The predicted octanol–water partition coefficient (Wildman–Crippen LogP) is -0.835. The lowest BCUT2D eigenvalue weighted by atomic mass is 10.4. The van der Waals surface area contributed by atoms with Crippen molar-refractivity contribution in [3.8, 4) is 0 Å². The van der Waals surface area contributed by atoms with Crippen LogP contribution in [0.15, 0.2) is 17.2 Å². The molecule has 1 aromatic rings. The Hall–Kier alpha value is -1.94. The van der Waals surface area contributed by atoms with E-state index in [1.54, 1.807) is 0 Å². The minimum Gasteiger partial charge on any atom is -0.480 e. The molecule has 1 aliphatic rings. The lowest BCUT2D eigenvalue weighted by Crippen LogP contribution is -2.34. The van der Waals surface area contributed by atoms with Crippen LogP contribution in [0.2, 0.25) is 0 Å². The summed E-state index contributed by atoms with van der Waals surface area (Å²) in [7, 11) is -3.33. The van der Waals surface area contributed by atoms with Crippen LogP contribution < -0.4 is 10.9 Å². The summed E-state index contributed by atoms with van der Waals surface area (Å²) in [4.78, 5) is 26.4. The van der Waals surface area contributed by atoms with Gasteiger partial charge in [-0.2, -0.15) is 0 Å². The lowest BCUT2D eigenvalue weighted by Gasteiger charge is -2.15. The van der Waals surface area contributed by atoms with E-state index in [2.05, 4.69) is 10.3 Å². The van der Waals surface area contributed by atoms with Gasteiger partial charge in [0, 0.05) is 32.0 Å². The average molecular weight is 330 g/mol. The van der Waals surface area contributed by atoms with Gasteiger partial charge in [0.05, 0.1) is 5.75 Å². The van der Waals surface area contributed by atoms with E-state index in [-0.39, 0.29) is 18.1 Å². The third kappa shape index (κ3) is 4.04. The molecule has 122 valence electrons. The number of aromatic nitrogens is 2. The Bertz CT molecular complexity index is 694. The van der Waals surface area contributed by atoms with E-state index < -0.39 is 28.1 Å². The van der Waals surface area contributed by atoms with Crippen LogP contribution in [0.5, 0.6) is 0 Å². The van der Waals surface area contributed by atoms with Crippen molar-refractivity contribution in [2.45, 2.75) is 19.4 Å². The fourth-order valence-corrected chi connectivity index (χ4v) is 3.67. The molecule has 0 atom stereocenters. The summed E-state index contributed by atoms with van der Waals surface area (Å²) in [5.74, 6) is -1.33. The number of nitrogens with one attached hydrogen (secondary N) is 1. The van der Waals surface area contributed by atoms with Crippen molar-refractivity contribution in [3.05, 3.63) is 22.7 Å². The van der Waals surface area contributed by atoms with Gasteiger partial charge in [0.1, 0.15) is 6.54 Å². The monoisotopic (exact) mass is 330 g/mol. The number of aliphatic carboxylic acids is 1. The van der Waals surface area contributed by atoms with E-state index >= 15 is 0 Å². The molecule has 9 nitrogen and oxygen atoms in total. The first-order valence-corrected chi connectivity index (χ1v) is 8.50. The highest BCUT2D eigenvalue weighted by atomic mass is 32.2. The molecule has 0 radical (unpaired) electrons. The molecule has 2 heterocycles. The standard InChI is InChI=1S/C12H18N4O5S/c17-10(18)9-15-7-3-13-11(12(15)19)14-4-8-22(20,21)16-5-1-2-6-16/h3,7H,1-2,4-6,8-9H2,(H,13,14)(H,17,18). The molecule has 0 aliphatic carbocycles. The van der Waals surface area contributed by atoms with Gasteiger partial charge in [0.15, 0.2) is 5.82 Å². The molecule has 0 saturated carbocycles. The molecule has 22 heavy (non-hydrogen) atoms. The number of carboxylic acid groups (broad SMARTS) is 1. The summed E-state index contributed by atoms with van der Waals surface area (Å²) in [6.45, 7) is 0.648. The Balaban J connectivity index is 1.97. The summed E-state index contributed by atoms with van der Waals surface area (Å²) >= 11 is 0. The minimum atomic E-state index is -3.33. The van der Waals surface area contributed by atoms with E-state index in [1.165, 1.54) is 16.7 Å². The predicted molar refractivity (Wildman–Crippen MR) is 79.2 cm³/mol. The van der Waals surface area contributed by atoms with Gasteiger partial charge in [-0.1, -0.05) is 0 Å².